The van der Waals surface area contributed by atoms with Crippen molar-refractivity contribution in [2.24, 2.45) is 5.92 Å². The Balaban J connectivity index is 1.66. The molecule has 0 saturated carbocycles. The van der Waals surface area contributed by atoms with E-state index in [-0.39, 0.29) is 31.8 Å². The Kier molecular flexibility index (Phi) is 5.52. The minimum absolute atomic E-state index is 0.000472. The topological polar surface area (TPSA) is 66.5 Å². The highest BCUT2D eigenvalue weighted by atomic mass is 32.2. The maximum absolute atomic E-state index is 13.8. The van der Waals surface area contributed by atoms with E-state index in [0.717, 1.165) is 16.4 Å². The van der Waals surface area contributed by atoms with Crippen LogP contribution in [0.1, 0.15) is 12.8 Å². The summed E-state index contributed by atoms with van der Waals surface area (Å²) < 4.78 is 66.5. The number of benzene rings is 2. The number of carbonyl (C=O) groups excluding carboxylic acids is 1. The zero-order valence-corrected chi connectivity index (χ0v) is 15.0. The molecule has 5 nitrogen and oxygen atoms in total. The molecule has 9 heteroatoms. The summed E-state index contributed by atoms with van der Waals surface area (Å²) >= 11 is 0. The Morgan fingerprint density at radius 3 is 2.33 bits per heavy atom. The first-order valence-corrected chi connectivity index (χ1v) is 9.73. The summed E-state index contributed by atoms with van der Waals surface area (Å²) in [4.78, 5) is 11.6. The molecule has 1 heterocycles. The third kappa shape index (κ3) is 4.30. The van der Waals surface area contributed by atoms with Crippen molar-refractivity contribution in [2.45, 2.75) is 17.7 Å². The molecule has 1 aliphatic rings. The summed E-state index contributed by atoms with van der Waals surface area (Å²) in [5.74, 6) is -3.15. The second kappa shape index (κ2) is 7.69. The van der Waals surface area contributed by atoms with Crippen LogP contribution in [0.2, 0.25) is 0 Å². The minimum atomic E-state index is -4.19. The Labute approximate surface area is 154 Å². The first kappa shape index (κ1) is 19.4. The molecule has 1 fully saturated rings. The fourth-order valence-corrected chi connectivity index (χ4v) is 4.53. The van der Waals surface area contributed by atoms with Crippen molar-refractivity contribution in [1.82, 2.24) is 4.31 Å². The lowest BCUT2D eigenvalue weighted by Gasteiger charge is -2.30. The molecule has 0 radical (unpaired) electrons. The van der Waals surface area contributed by atoms with Crippen LogP contribution in [0.5, 0.6) is 0 Å². The van der Waals surface area contributed by atoms with E-state index in [2.05, 4.69) is 5.32 Å². The van der Waals surface area contributed by atoms with Gasteiger partial charge in [0.15, 0.2) is 0 Å². The predicted molar refractivity (Wildman–Crippen MR) is 92.9 cm³/mol. The third-order valence-electron chi connectivity index (χ3n) is 4.43. The molecule has 1 saturated heterocycles. The van der Waals surface area contributed by atoms with E-state index in [4.69, 9.17) is 0 Å². The number of carbonyl (C=O) groups is 1. The van der Waals surface area contributed by atoms with E-state index in [1.807, 2.05) is 0 Å². The summed E-state index contributed by atoms with van der Waals surface area (Å²) in [7, 11) is -4.19. The van der Waals surface area contributed by atoms with Crippen LogP contribution in [-0.4, -0.2) is 31.7 Å². The molecule has 144 valence electrons. The van der Waals surface area contributed by atoms with Crippen LogP contribution in [0.4, 0.5) is 18.9 Å². The van der Waals surface area contributed by atoms with Crippen molar-refractivity contribution < 1.29 is 26.4 Å². The largest absolute Gasteiger partial charge is 0.326 e. The van der Waals surface area contributed by atoms with Crippen molar-refractivity contribution in [3.8, 4) is 0 Å². The van der Waals surface area contributed by atoms with Gasteiger partial charge in [0.05, 0.1) is 0 Å². The van der Waals surface area contributed by atoms with Crippen LogP contribution in [0, 0.1) is 23.4 Å². The maximum atomic E-state index is 13.8. The van der Waals surface area contributed by atoms with Gasteiger partial charge < -0.3 is 5.32 Å². The third-order valence-corrected chi connectivity index (χ3v) is 6.34. The summed E-state index contributed by atoms with van der Waals surface area (Å²) in [6.07, 6.45) is 0.439. The van der Waals surface area contributed by atoms with Gasteiger partial charge in [0.25, 0.3) is 0 Å². The van der Waals surface area contributed by atoms with Gasteiger partial charge in [-0.25, -0.2) is 21.6 Å². The summed E-state index contributed by atoms with van der Waals surface area (Å²) in [5, 5.41) is 2.60. The lowest BCUT2D eigenvalue weighted by molar-refractivity contribution is -0.120. The first-order valence-electron chi connectivity index (χ1n) is 8.29. The van der Waals surface area contributed by atoms with E-state index in [0.29, 0.717) is 11.8 Å². The molecule has 1 aliphatic heterocycles. The predicted octanol–water partition coefficient (Wildman–Crippen LogP) is 3.14. The average Bonchev–Trinajstić information content (AvgIpc) is 2.63. The number of amides is 1. The number of nitrogens with zero attached hydrogens (tertiary/aromatic N) is 1. The number of hydrogen-bond acceptors (Lipinski definition) is 3. The van der Waals surface area contributed by atoms with Crippen molar-refractivity contribution >= 4 is 21.6 Å². The standard InChI is InChI=1S/C18H17F3N2O3S/c19-13-2-1-3-15(10-13)22-18(24)12-6-8-23(9-7-12)27(25,26)17-11-14(20)4-5-16(17)21/h1-5,10-12H,6-9H2,(H,22,24). The van der Waals surface area contributed by atoms with Gasteiger partial charge in [-0.1, -0.05) is 6.07 Å². The Morgan fingerprint density at radius 2 is 1.67 bits per heavy atom. The molecule has 0 atom stereocenters. The number of piperidine rings is 1. The monoisotopic (exact) mass is 398 g/mol. The first-order chi connectivity index (χ1) is 12.8. The zero-order valence-electron chi connectivity index (χ0n) is 14.2. The fourth-order valence-electron chi connectivity index (χ4n) is 2.98. The average molecular weight is 398 g/mol. The van der Waals surface area contributed by atoms with Gasteiger partial charge in [-0.15, -0.1) is 0 Å². The van der Waals surface area contributed by atoms with Gasteiger partial charge >= 0.3 is 0 Å². The summed E-state index contributed by atoms with van der Waals surface area (Å²) in [6, 6.07) is 7.71. The number of hydrogen-bond donors (Lipinski definition) is 1. The molecule has 0 aliphatic carbocycles. The second-order valence-electron chi connectivity index (χ2n) is 6.25. The van der Waals surface area contributed by atoms with Crippen LogP contribution < -0.4 is 5.32 Å². The second-order valence-corrected chi connectivity index (χ2v) is 8.16. The van der Waals surface area contributed by atoms with Gasteiger partial charge in [-0.2, -0.15) is 4.31 Å². The van der Waals surface area contributed by atoms with E-state index < -0.39 is 38.3 Å². The molecule has 0 bridgehead atoms. The van der Waals surface area contributed by atoms with Crippen LogP contribution in [0.15, 0.2) is 47.4 Å². The van der Waals surface area contributed by atoms with Gasteiger partial charge in [0.2, 0.25) is 15.9 Å². The van der Waals surface area contributed by atoms with E-state index in [1.54, 1.807) is 6.07 Å². The van der Waals surface area contributed by atoms with Crippen molar-refractivity contribution in [2.75, 3.05) is 18.4 Å². The molecule has 0 aromatic heterocycles. The minimum Gasteiger partial charge on any atom is -0.326 e. The van der Waals surface area contributed by atoms with E-state index >= 15 is 0 Å². The zero-order chi connectivity index (χ0) is 19.6. The Bertz CT molecular complexity index is 958. The van der Waals surface area contributed by atoms with E-state index in [1.165, 1.54) is 18.2 Å². The number of rotatable bonds is 4. The molecule has 0 spiro atoms. The number of halogens is 3. The summed E-state index contributed by atoms with van der Waals surface area (Å²) in [6.45, 7) is -0.000944. The smallest absolute Gasteiger partial charge is 0.246 e. The lowest BCUT2D eigenvalue weighted by Crippen LogP contribution is -2.41. The van der Waals surface area contributed by atoms with Gasteiger partial charge in [-0.05, 0) is 49.2 Å². The number of sulfonamides is 1. The Hall–Kier alpha value is -2.39. The molecule has 1 N–H and O–H groups in total. The van der Waals surface area contributed by atoms with Gasteiger partial charge in [0, 0.05) is 24.7 Å². The molecular formula is C18H17F3N2O3S. The van der Waals surface area contributed by atoms with Gasteiger partial charge in [-0.3, -0.25) is 4.79 Å². The van der Waals surface area contributed by atoms with Crippen molar-refractivity contribution in [1.29, 1.82) is 0 Å². The molecule has 3 rings (SSSR count). The molecule has 0 unspecified atom stereocenters. The molecule has 27 heavy (non-hydrogen) atoms. The van der Waals surface area contributed by atoms with Crippen LogP contribution in [0.25, 0.3) is 0 Å². The normalized spacial score (nSPS) is 16.3. The van der Waals surface area contributed by atoms with E-state index in [9.17, 15) is 26.4 Å². The highest BCUT2D eigenvalue weighted by Crippen LogP contribution is 2.26. The fraction of sp³-hybridized carbons (Fsp3) is 0.278. The molecule has 2 aromatic rings. The summed E-state index contributed by atoms with van der Waals surface area (Å²) in [5.41, 5.74) is 0.317. The lowest BCUT2D eigenvalue weighted by atomic mass is 9.97. The van der Waals surface area contributed by atoms with Crippen LogP contribution in [-0.2, 0) is 14.8 Å². The number of anilines is 1. The Morgan fingerprint density at radius 1 is 1.00 bits per heavy atom. The van der Waals surface area contributed by atoms with Crippen LogP contribution in [0.3, 0.4) is 0 Å². The SMILES string of the molecule is O=C(Nc1cccc(F)c1)C1CCN(S(=O)(=O)c2cc(F)ccc2F)CC1. The van der Waals surface area contributed by atoms with Crippen molar-refractivity contribution in [3.05, 3.63) is 59.9 Å². The van der Waals surface area contributed by atoms with Crippen molar-refractivity contribution in [3.63, 3.8) is 0 Å². The maximum Gasteiger partial charge on any atom is 0.246 e. The molecular weight excluding hydrogens is 381 g/mol. The highest BCUT2D eigenvalue weighted by Gasteiger charge is 2.33. The number of nitrogens with one attached hydrogen (secondary N) is 1. The van der Waals surface area contributed by atoms with Gasteiger partial charge in [0.1, 0.15) is 22.3 Å². The van der Waals surface area contributed by atoms with Crippen LogP contribution >= 0.6 is 0 Å². The molecule has 2 aromatic carbocycles. The quantitative estimate of drug-likeness (QED) is 0.861. The highest BCUT2D eigenvalue weighted by molar-refractivity contribution is 7.89. The molecule has 1 amide bonds.